The Hall–Kier alpha value is -1.61. The normalized spacial score (nSPS) is 12.3. The molecule has 0 heterocycles. The molecule has 0 atom stereocenters. The number of sulfonamides is 3. The first-order valence-corrected chi connectivity index (χ1v) is 15.8. The number of nitrogens with one attached hydrogen (secondary N) is 1. The van der Waals surface area contributed by atoms with E-state index in [9.17, 15) is 25.3 Å². The summed E-state index contributed by atoms with van der Waals surface area (Å²) in [4.78, 5) is 0.0861. The first kappa shape index (κ1) is 32.6. The molecule has 3 rings (SSSR count). The number of rotatable bonds is 12. The van der Waals surface area contributed by atoms with Crippen LogP contribution in [0.15, 0.2) is 87.5 Å². The monoisotopic (exact) mass is 587 g/mol. The predicted octanol–water partition coefficient (Wildman–Crippen LogP) is 0.348. The molecule has 3 aromatic carbocycles. The number of hydrogen-bond acceptors (Lipinski definition) is 6. The first-order chi connectivity index (χ1) is 17.3. The Bertz CT molecular complexity index is 1440. The topological polar surface area (TPSA) is 132 Å². The fourth-order valence-electron chi connectivity index (χ4n) is 3.37. The van der Waals surface area contributed by atoms with Crippen molar-refractivity contribution in [1.29, 1.82) is 0 Å². The zero-order valence-corrected chi connectivity index (χ0v) is 26.3. The molecule has 0 aliphatic heterocycles. The Kier molecular flexibility index (Phi) is 11.7. The van der Waals surface area contributed by atoms with Crippen molar-refractivity contribution in [2.75, 3.05) is 26.2 Å². The Balaban J connectivity index is 0.00000507. The summed E-state index contributed by atoms with van der Waals surface area (Å²) in [5.41, 5.74) is 2.66. The van der Waals surface area contributed by atoms with Crippen molar-refractivity contribution in [3.05, 3.63) is 94.2 Å². The van der Waals surface area contributed by atoms with Gasteiger partial charge in [0, 0.05) is 18.0 Å². The van der Waals surface area contributed by atoms with Crippen molar-refractivity contribution in [3.63, 3.8) is 0 Å². The third-order valence-electron chi connectivity index (χ3n) is 5.57. The molecule has 0 amide bonds. The van der Waals surface area contributed by atoms with E-state index in [2.05, 4.69) is 9.44 Å². The van der Waals surface area contributed by atoms with Gasteiger partial charge in [0.25, 0.3) is 0 Å². The van der Waals surface area contributed by atoms with Crippen LogP contribution in [0.2, 0.25) is 0 Å². The number of benzene rings is 3. The third-order valence-corrected chi connectivity index (χ3v) is 10.4. The van der Waals surface area contributed by atoms with Crippen molar-refractivity contribution in [2.45, 2.75) is 35.5 Å². The van der Waals surface area contributed by atoms with Gasteiger partial charge in [0.15, 0.2) is 0 Å². The van der Waals surface area contributed by atoms with Gasteiger partial charge in [-0.25, -0.2) is 30.0 Å². The largest absolute Gasteiger partial charge is 1.00 e. The van der Waals surface area contributed by atoms with E-state index in [0.29, 0.717) is 0 Å². The average molecular weight is 588 g/mol. The SMILES string of the molecule is Cc1ccc(S(=O)(=O)[N-]CCN(CCNS(=O)(=O)c2ccc(C)cc2)S(=O)(=O)c2ccc(C)cc2)cc1.[Na+]. The zero-order chi connectivity index (χ0) is 27.3. The maximum absolute atomic E-state index is 13.3. The number of aryl methyl sites for hydroxylation is 3. The van der Waals surface area contributed by atoms with Gasteiger partial charge in [-0.05, 0) is 63.7 Å². The van der Waals surface area contributed by atoms with Gasteiger partial charge >= 0.3 is 29.6 Å². The van der Waals surface area contributed by atoms with Crippen LogP contribution in [0.5, 0.6) is 0 Å². The predicted molar refractivity (Wildman–Crippen MR) is 143 cm³/mol. The van der Waals surface area contributed by atoms with E-state index in [1.807, 2.05) is 20.8 Å². The molecule has 13 heteroatoms. The summed E-state index contributed by atoms with van der Waals surface area (Å²) in [6, 6.07) is 18.6. The maximum Gasteiger partial charge on any atom is 1.00 e. The van der Waals surface area contributed by atoms with E-state index >= 15 is 0 Å². The molecule has 0 bridgehead atoms. The van der Waals surface area contributed by atoms with E-state index in [1.54, 1.807) is 36.4 Å². The summed E-state index contributed by atoms with van der Waals surface area (Å²) in [5, 5.41) is 0. The van der Waals surface area contributed by atoms with Crippen LogP contribution in [-0.2, 0) is 30.1 Å². The minimum atomic E-state index is -4.05. The summed E-state index contributed by atoms with van der Waals surface area (Å²) in [5.74, 6) is 0. The first-order valence-electron chi connectivity index (χ1n) is 11.4. The second-order valence-electron chi connectivity index (χ2n) is 8.57. The summed E-state index contributed by atoms with van der Waals surface area (Å²) in [6.45, 7) is 4.46. The molecular weight excluding hydrogens is 557 g/mol. The van der Waals surface area contributed by atoms with E-state index in [4.69, 9.17) is 0 Å². The number of nitrogens with zero attached hydrogens (tertiary/aromatic N) is 2. The standard InChI is InChI=1S/C25H30N3O6S3.Na/c1-20-4-10-23(11-5-20)35(29,30)26-16-18-28(37(33,34)25-14-8-22(3)9-15-25)19-17-27-36(31,32)24-12-6-21(2)7-13-24;/h4-15,26H,16-19H2,1-3H3;/q-1;+1. The smallest absolute Gasteiger partial charge is 0.544 e. The molecule has 0 aliphatic rings. The average Bonchev–Trinajstić information content (AvgIpc) is 2.84. The van der Waals surface area contributed by atoms with Crippen molar-refractivity contribution in [3.8, 4) is 0 Å². The van der Waals surface area contributed by atoms with Gasteiger partial charge in [-0.2, -0.15) is 4.31 Å². The molecule has 3 aromatic rings. The van der Waals surface area contributed by atoms with Crippen LogP contribution in [0.3, 0.4) is 0 Å². The van der Waals surface area contributed by atoms with E-state index in [-0.39, 0.29) is 70.4 Å². The molecule has 200 valence electrons. The molecule has 0 saturated carbocycles. The van der Waals surface area contributed by atoms with Crippen LogP contribution in [-0.4, -0.2) is 55.7 Å². The molecule has 9 nitrogen and oxygen atoms in total. The Labute approximate surface area is 248 Å². The Morgan fingerprint density at radius 1 is 0.632 bits per heavy atom. The summed E-state index contributed by atoms with van der Waals surface area (Å²) in [6.07, 6.45) is 0. The zero-order valence-electron chi connectivity index (χ0n) is 21.8. The third kappa shape index (κ3) is 8.70. The minimum absolute atomic E-state index is 0. The quantitative estimate of drug-likeness (QED) is 0.304. The van der Waals surface area contributed by atoms with Gasteiger partial charge in [-0.3, -0.25) is 0 Å². The molecule has 0 aromatic heterocycles. The van der Waals surface area contributed by atoms with Crippen LogP contribution < -0.4 is 34.3 Å². The van der Waals surface area contributed by atoms with Crippen LogP contribution in [0.25, 0.3) is 4.72 Å². The molecule has 0 spiro atoms. The van der Waals surface area contributed by atoms with E-state index < -0.39 is 30.1 Å². The molecule has 0 radical (unpaired) electrons. The van der Waals surface area contributed by atoms with Crippen molar-refractivity contribution in [2.24, 2.45) is 0 Å². The molecule has 0 aliphatic carbocycles. The summed E-state index contributed by atoms with van der Waals surface area (Å²) >= 11 is 0. The van der Waals surface area contributed by atoms with Crippen LogP contribution >= 0.6 is 0 Å². The van der Waals surface area contributed by atoms with Gasteiger partial charge in [-0.15, -0.1) is 6.54 Å². The van der Waals surface area contributed by atoms with Crippen LogP contribution in [0.4, 0.5) is 0 Å². The second-order valence-corrected chi connectivity index (χ2v) is 14.0. The summed E-state index contributed by atoms with van der Waals surface area (Å²) in [7, 11) is -11.9. The maximum atomic E-state index is 13.3. The van der Waals surface area contributed by atoms with E-state index in [1.165, 1.54) is 36.4 Å². The molecule has 38 heavy (non-hydrogen) atoms. The van der Waals surface area contributed by atoms with Crippen molar-refractivity contribution >= 4 is 30.1 Å². The van der Waals surface area contributed by atoms with Crippen molar-refractivity contribution in [1.82, 2.24) is 9.03 Å². The van der Waals surface area contributed by atoms with Gasteiger partial charge in [-0.1, -0.05) is 53.1 Å². The molecule has 0 saturated heterocycles. The van der Waals surface area contributed by atoms with Crippen LogP contribution in [0, 0.1) is 20.8 Å². The van der Waals surface area contributed by atoms with Gasteiger partial charge in [0.1, 0.15) is 10.0 Å². The fourth-order valence-corrected chi connectivity index (χ4v) is 6.78. The summed E-state index contributed by atoms with van der Waals surface area (Å²) < 4.78 is 84.3. The Morgan fingerprint density at radius 3 is 1.53 bits per heavy atom. The van der Waals surface area contributed by atoms with Crippen molar-refractivity contribution < 1.29 is 54.8 Å². The number of hydrogen-bond donors (Lipinski definition) is 1. The second kappa shape index (κ2) is 13.6. The minimum Gasteiger partial charge on any atom is -0.544 e. The Morgan fingerprint density at radius 2 is 1.05 bits per heavy atom. The fraction of sp³-hybridized carbons (Fsp3) is 0.280. The van der Waals surface area contributed by atoms with E-state index in [0.717, 1.165) is 21.0 Å². The molecule has 0 fully saturated rings. The van der Waals surface area contributed by atoms with Crippen LogP contribution in [0.1, 0.15) is 16.7 Å². The van der Waals surface area contributed by atoms with Gasteiger partial charge in [0.2, 0.25) is 20.0 Å². The molecule has 1 N–H and O–H groups in total. The molecular formula is C25H30N3NaO6S3. The van der Waals surface area contributed by atoms with Gasteiger partial charge in [0.05, 0.1) is 9.79 Å². The molecule has 0 unspecified atom stereocenters. The van der Waals surface area contributed by atoms with Gasteiger partial charge < -0.3 is 4.72 Å².